The Morgan fingerprint density at radius 1 is 1.40 bits per heavy atom. The van der Waals surface area contributed by atoms with Gasteiger partial charge in [-0.05, 0) is 39.3 Å². The largest absolute Gasteiger partial charge is 0.396 e. The van der Waals surface area contributed by atoms with Gasteiger partial charge < -0.3 is 14.9 Å². The number of carbonyl (C=O) groups is 1. The average Bonchev–Trinajstić information content (AvgIpc) is 2.83. The van der Waals surface area contributed by atoms with Gasteiger partial charge in [-0.25, -0.2) is 0 Å². The van der Waals surface area contributed by atoms with Crippen LogP contribution in [0.25, 0.3) is 0 Å². The Labute approximate surface area is 119 Å². The highest BCUT2D eigenvalue weighted by atomic mass is 16.3. The Kier molecular flexibility index (Phi) is 4.72. The van der Waals surface area contributed by atoms with E-state index in [1.54, 1.807) is 11.8 Å². The Hall–Kier alpha value is -1.47. The predicted octanol–water partition coefficient (Wildman–Crippen LogP) is -0.255. The summed E-state index contributed by atoms with van der Waals surface area (Å²) in [6.45, 7) is 4.09. The van der Waals surface area contributed by atoms with Gasteiger partial charge in [0, 0.05) is 26.2 Å². The molecule has 2 atom stereocenters. The number of aromatic nitrogens is 3. The van der Waals surface area contributed by atoms with Crippen LogP contribution in [0.5, 0.6) is 0 Å². The molecule has 0 aromatic carbocycles. The minimum atomic E-state index is -0.0989. The van der Waals surface area contributed by atoms with Crippen LogP contribution in [0.2, 0.25) is 0 Å². The van der Waals surface area contributed by atoms with Gasteiger partial charge in [0.15, 0.2) is 5.69 Å². The molecule has 1 fully saturated rings. The zero-order valence-electron chi connectivity index (χ0n) is 12.3. The van der Waals surface area contributed by atoms with Crippen molar-refractivity contribution in [2.45, 2.75) is 13.3 Å². The van der Waals surface area contributed by atoms with Crippen molar-refractivity contribution in [2.75, 3.05) is 40.3 Å². The fourth-order valence-corrected chi connectivity index (χ4v) is 2.90. The maximum absolute atomic E-state index is 12.5. The predicted molar refractivity (Wildman–Crippen MR) is 74.3 cm³/mol. The molecule has 1 aliphatic heterocycles. The van der Waals surface area contributed by atoms with E-state index in [0.29, 0.717) is 30.4 Å². The molecular formula is C13H23N5O2. The van der Waals surface area contributed by atoms with Gasteiger partial charge in [0.2, 0.25) is 0 Å². The number of aromatic amines is 1. The van der Waals surface area contributed by atoms with Gasteiger partial charge in [0.25, 0.3) is 5.91 Å². The molecule has 1 saturated heterocycles. The highest BCUT2D eigenvalue weighted by Gasteiger charge is 2.31. The lowest BCUT2D eigenvalue weighted by atomic mass is 9.89. The number of rotatable bonds is 4. The molecular weight excluding hydrogens is 258 g/mol. The SMILES string of the molecule is Cc1n[nH]nc1C(=O)N1C[C@H](CO)C[C@H](CN(C)C)C1. The number of H-pyrrole nitrogens is 1. The third-order valence-electron chi connectivity index (χ3n) is 3.72. The molecule has 0 unspecified atom stereocenters. The van der Waals surface area contributed by atoms with Gasteiger partial charge >= 0.3 is 0 Å². The molecule has 2 rings (SSSR count). The van der Waals surface area contributed by atoms with Crippen molar-refractivity contribution in [3.63, 3.8) is 0 Å². The van der Waals surface area contributed by atoms with Crippen LogP contribution < -0.4 is 0 Å². The Morgan fingerprint density at radius 2 is 2.10 bits per heavy atom. The summed E-state index contributed by atoms with van der Waals surface area (Å²) in [6.07, 6.45) is 0.955. The van der Waals surface area contributed by atoms with Crippen molar-refractivity contribution in [2.24, 2.45) is 11.8 Å². The third kappa shape index (κ3) is 3.34. The van der Waals surface area contributed by atoms with Crippen molar-refractivity contribution in [1.29, 1.82) is 0 Å². The van der Waals surface area contributed by atoms with Crippen molar-refractivity contribution < 1.29 is 9.90 Å². The summed E-state index contributed by atoms with van der Waals surface area (Å²) in [4.78, 5) is 16.4. The molecule has 20 heavy (non-hydrogen) atoms. The average molecular weight is 281 g/mol. The topological polar surface area (TPSA) is 85.3 Å². The second-order valence-electron chi connectivity index (χ2n) is 5.88. The number of likely N-dealkylation sites (tertiary alicyclic amines) is 1. The Balaban J connectivity index is 2.09. The molecule has 0 aliphatic carbocycles. The summed E-state index contributed by atoms with van der Waals surface area (Å²) in [7, 11) is 4.05. The summed E-state index contributed by atoms with van der Waals surface area (Å²) >= 11 is 0. The molecule has 0 radical (unpaired) electrons. The molecule has 1 amide bonds. The van der Waals surface area contributed by atoms with E-state index >= 15 is 0 Å². The number of piperidine rings is 1. The summed E-state index contributed by atoms with van der Waals surface area (Å²) in [5.41, 5.74) is 0.998. The lowest BCUT2D eigenvalue weighted by Crippen LogP contribution is -2.47. The van der Waals surface area contributed by atoms with E-state index in [1.165, 1.54) is 0 Å². The van der Waals surface area contributed by atoms with Crippen LogP contribution in [-0.4, -0.2) is 76.6 Å². The van der Waals surface area contributed by atoms with Crippen LogP contribution in [0.15, 0.2) is 0 Å². The van der Waals surface area contributed by atoms with Crippen LogP contribution >= 0.6 is 0 Å². The van der Waals surface area contributed by atoms with Crippen molar-refractivity contribution in [3.8, 4) is 0 Å². The number of nitrogens with zero attached hydrogens (tertiary/aromatic N) is 4. The second-order valence-corrected chi connectivity index (χ2v) is 5.88. The standard InChI is InChI=1S/C13H23N5O2/c1-9-12(15-16-14-9)13(20)18-6-10(5-17(2)3)4-11(7-18)8-19/h10-11,19H,4-8H2,1-3H3,(H,14,15,16)/t10-,11-/m1/s1. The lowest BCUT2D eigenvalue weighted by Gasteiger charge is -2.38. The summed E-state index contributed by atoms with van der Waals surface area (Å²) in [6, 6.07) is 0. The molecule has 7 nitrogen and oxygen atoms in total. The number of hydrogen-bond acceptors (Lipinski definition) is 5. The van der Waals surface area contributed by atoms with Crippen molar-refractivity contribution in [3.05, 3.63) is 11.4 Å². The van der Waals surface area contributed by atoms with Crippen LogP contribution in [0.4, 0.5) is 0 Å². The summed E-state index contributed by atoms with van der Waals surface area (Å²) < 4.78 is 0. The summed E-state index contributed by atoms with van der Waals surface area (Å²) in [5.74, 6) is 0.426. The van der Waals surface area contributed by atoms with E-state index in [9.17, 15) is 9.90 Å². The molecule has 0 spiro atoms. The number of aliphatic hydroxyl groups excluding tert-OH is 1. The number of aryl methyl sites for hydroxylation is 1. The monoisotopic (exact) mass is 281 g/mol. The second kappa shape index (κ2) is 6.32. The molecule has 1 aromatic rings. The van der Waals surface area contributed by atoms with Crippen LogP contribution in [0, 0.1) is 18.8 Å². The van der Waals surface area contributed by atoms with Gasteiger partial charge in [0.05, 0.1) is 5.69 Å². The molecule has 0 saturated carbocycles. The van der Waals surface area contributed by atoms with Gasteiger partial charge in [-0.2, -0.15) is 15.4 Å². The molecule has 0 bridgehead atoms. The molecule has 112 valence electrons. The Morgan fingerprint density at radius 3 is 2.65 bits per heavy atom. The van der Waals surface area contributed by atoms with Gasteiger partial charge in [-0.3, -0.25) is 4.79 Å². The highest BCUT2D eigenvalue weighted by molar-refractivity contribution is 5.93. The minimum Gasteiger partial charge on any atom is -0.396 e. The maximum atomic E-state index is 12.5. The first-order chi connectivity index (χ1) is 9.51. The molecule has 1 aliphatic rings. The summed E-state index contributed by atoms with van der Waals surface area (Å²) in [5, 5.41) is 19.7. The molecule has 7 heteroatoms. The fraction of sp³-hybridized carbons (Fsp3) is 0.769. The van der Waals surface area contributed by atoms with Crippen molar-refractivity contribution >= 4 is 5.91 Å². The Bertz CT molecular complexity index is 459. The first-order valence-corrected chi connectivity index (χ1v) is 6.93. The van der Waals surface area contributed by atoms with Crippen LogP contribution in [0.1, 0.15) is 22.6 Å². The smallest absolute Gasteiger partial charge is 0.276 e. The number of carbonyl (C=O) groups excluding carboxylic acids is 1. The van der Waals surface area contributed by atoms with Gasteiger partial charge in [-0.15, -0.1) is 0 Å². The van der Waals surface area contributed by atoms with E-state index in [4.69, 9.17) is 0 Å². The zero-order valence-corrected chi connectivity index (χ0v) is 12.3. The lowest BCUT2D eigenvalue weighted by molar-refractivity contribution is 0.0472. The first-order valence-electron chi connectivity index (χ1n) is 6.93. The van der Waals surface area contributed by atoms with Gasteiger partial charge in [-0.1, -0.05) is 0 Å². The van der Waals surface area contributed by atoms with E-state index in [2.05, 4.69) is 20.3 Å². The molecule has 2 N–H and O–H groups in total. The van der Waals surface area contributed by atoms with E-state index < -0.39 is 0 Å². The number of amides is 1. The van der Waals surface area contributed by atoms with Crippen LogP contribution in [0.3, 0.4) is 0 Å². The minimum absolute atomic E-state index is 0.0989. The highest BCUT2D eigenvalue weighted by Crippen LogP contribution is 2.23. The quantitative estimate of drug-likeness (QED) is 0.794. The number of nitrogens with one attached hydrogen (secondary N) is 1. The van der Waals surface area contributed by atoms with E-state index in [0.717, 1.165) is 13.0 Å². The number of aliphatic hydroxyl groups is 1. The van der Waals surface area contributed by atoms with Crippen molar-refractivity contribution in [1.82, 2.24) is 25.2 Å². The fourth-order valence-electron chi connectivity index (χ4n) is 2.90. The third-order valence-corrected chi connectivity index (χ3v) is 3.72. The van der Waals surface area contributed by atoms with E-state index in [1.807, 2.05) is 14.1 Å². The maximum Gasteiger partial charge on any atom is 0.276 e. The normalized spacial score (nSPS) is 23.4. The molecule has 2 heterocycles. The first kappa shape index (κ1) is 14.9. The van der Waals surface area contributed by atoms with E-state index in [-0.39, 0.29) is 18.4 Å². The zero-order chi connectivity index (χ0) is 14.7. The van der Waals surface area contributed by atoms with Gasteiger partial charge in [0.1, 0.15) is 0 Å². The number of hydrogen-bond donors (Lipinski definition) is 2. The molecule has 1 aromatic heterocycles. The van der Waals surface area contributed by atoms with Crippen LogP contribution in [-0.2, 0) is 0 Å².